The lowest BCUT2D eigenvalue weighted by Gasteiger charge is -2.35. The monoisotopic (exact) mass is 195 g/mol. The summed E-state index contributed by atoms with van der Waals surface area (Å²) in [5.41, 5.74) is 0.867. The van der Waals surface area contributed by atoms with Gasteiger partial charge in [-0.2, -0.15) is 0 Å². The van der Waals surface area contributed by atoms with Crippen LogP contribution in [0.3, 0.4) is 0 Å². The van der Waals surface area contributed by atoms with Gasteiger partial charge in [0.05, 0.1) is 5.60 Å². The predicted octanol–water partition coefficient (Wildman–Crippen LogP) is 1.99. The Labute approximate surface area is 86.4 Å². The smallest absolute Gasteiger partial charge is 0.0880 e. The van der Waals surface area contributed by atoms with Gasteiger partial charge < -0.3 is 10.4 Å². The van der Waals surface area contributed by atoms with Crippen molar-refractivity contribution >= 4 is 0 Å². The van der Waals surface area contributed by atoms with Crippen LogP contribution in [0.5, 0.6) is 0 Å². The number of hydrogen-bond donors (Lipinski definition) is 2. The number of aliphatic hydroxyl groups is 1. The number of hydrogen-bond acceptors (Lipinski definition) is 2. The van der Waals surface area contributed by atoms with E-state index in [4.69, 9.17) is 0 Å². The van der Waals surface area contributed by atoms with Crippen molar-refractivity contribution in [3.05, 3.63) is 11.6 Å². The molecule has 0 aromatic carbocycles. The van der Waals surface area contributed by atoms with Crippen LogP contribution in [0.25, 0.3) is 0 Å². The van der Waals surface area contributed by atoms with Crippen molar-refractivity contribution in [2.45, 2.75) is 50.5 Å². The fourth-order valence-electron chi connectivity index (χ4n) is 2.60. The Morgan fingerprint density at radius 2 is 1.93 bits per heavy atom. The van der Waals surface area contributed by atoms with E-state index in [9.17, 15) is 5.11 Å². The van der Waals surface area contributed by atoms with E-state index in [0.717, 1.165) is 32.4 Å². The molecule has 1 saturated heterocycles. The van der Waals surface area contributed by atoms with E-state index in [1.54, 1.807) is 0 Å². The van der Waals surface area contributed by atoms with Gasteiger partial charge in [0.2, 0.25) is 0 Å². The molecule has 0 saturated carbocycles. The molecule has 0 aromatic heterocycles. The highest BCUT2D eigenvalue weighted by Gasteiger charge is 2.32. The maximum atomic E-state index is 10.5. The first kappa shape index (κ1) is 10.2. The number of nitrogens with one attached hydrogen (secondary N) is 1. The van der Waals surface area contributed by atoms with Gasteiger partial charge in [-0.05, 0) is 57.2 Å². The average molecular weight is 195 g/mol. The van der Waals surface area contributed by atoms with Gasteiger partial charge in [-0.25, -0.2) is 0 Å². The molecule has 2 heteroatoms. The second-order valence-electron chi connectivity index (χ2n) is 4.61. The third-order valence-electron chi connectivity index (χ3n) is 3.57. The first-order chi connectivity index (χ1) is 6.81. The second kappa shape index (κ2) is 4.45. The van der Waals surface area contributed by atoms with E-state index < -0.39 is 5.60 Å². The lowest BCUT2D eigenvalue weighted by Crippen LogP contribution is -2.43. The molecule has 0 atom stereocenters. The van der Waals surface area contributed by atoms with E-state index in [1.807, 2.05) is 0 Å². The largest absolute Gasteiger partial charge is 0.385 e. The minimum atomic E-state index is -0.463. The summed E-state index contributed by atoms with van der Waals surface area (Å²) in [6.07, 6.45) is 10.3. The highest BCUT2D eigenvalue weighted by atomic mass is 16.3. The van der Waals surface area contributed by atoms with Gasteiger partial charge in [0.25, 0.3) is 0 Å². The van der Waals surface area contributed by atoms with Gasteiger partial charge in [0.15, 0.2) is 0 Å². The Morgan fingerprint density at radius 3 is 2.71 bits per heavy atom. The summed E-state index contributed by atoms with van der Waals surface area (Å²) in [6, 6.07) is 0. The molecular formula is C12H21NO. The van der Waals surface area contributed by atoms with Crippen LogP contribution in [0, 0.1) is 0 Å². The molecule has 1 heterocycles. The molecule has 1 fully saturated rings. The van der Waals surface area contributed by atoms with E-state index in [0.29, 0.717) is 0 Å². The molecule has 2 N–H and O–H groups in total. The lowest BCUT2D eigenvalue weighted by atomic mass is 9.82. The van der Waals surface area contributed by atoms with Crippen LogP contribution >= 0.6 is 0 Å². The highest BCUT2D eigenvalue weighted by Crippen LogP contribution is 2.32. The Kier molecular flexibility index (Phi) is 3.24. The van der Waals surface area contributed by atoms with Crippen LogP contribution in [0.2, 0.25) is 0 Å². The van der Waals surface area contributed by atoms with Crippen LogP contribution in [0.4, 0.5) is 0 Å². The average Bonchev–Trinajstić information content (AvgIpc) is 2.47. The van der Waals surface area contributed by atoms with Crippen molar-refractivity contribution in [2.24, 2.45) is 0 Å². The molecule has 0 spiro atoms. The minimum Gasteiger partial charge on any atom is -0.385 e. The van der Waals surface area contributed by atoms with Crippen molar-refractivity contribution in [1.82, 2.24) is 5.32 Å². The van der Waals surface area contributed by atoms with E-state index in [1.165, 1.54) is 31.3 Å². The second-order valence-corrected chi connectivity index (χ2v) is 4.61. The fraction of sp³-hybridized carbons (Fsp3) is 0.833. The molecule has 1 aliphatic heterocycles. The van der Waals surface area contributed by atoms with Crippen molar-refractivity contribution in [3.63, 3.8) is 0 Å². The maximum absolute atomic E-state index is 10.5. The van der Waals surface area contributed by atoms with Crippen LogP contribution in [-0.2, 0) is 0 Å². The summed E-state index contributed by atoms with van der Waals surface area (Å²) in [7, 11) is 0. The molecule has 14 heavy (non-hydrogen) atoms. The molecule has 80 valence electrons. The summed E-state index contributed by atoms with van der Waals surface area (Å²) in [4.78, 5) is 0. The first-order valence-corrected chi connectivity index (χ1v) is 5.94. The number of rotatable bonds is 1. The van der Waals surface area contributed by atoms with E-state index in [2.05, 4.69) is 11.4 Å². The van der Waals surface area contributed by atoms with Crippen molar-refractivity contribution < 1.29 is 5.11 Å². The maximum Gasteiger partial charge on any atom is 0.0880 e. The Hall–Kier alpha value is -0.340. The lowest BCUT2D eigenvalue weighted by molar-refractivity contribution is 0.0428. The third-order valence-corrected chi connectivity index (χ3v) is 3.57. The third kappa shape index (κ3) is 2.18. The normalized spacial score (nSPS) is 27.9. The van der Waals surface area contributed by atoms with Crippen molar-refractivity contribution in [1.29, 1.82) is 0 Å². The first-order valence-electron chi connectivity index (χ1n) is 5.94. The zero-order valence-electron chi connectivity index (χ0n) is 8.89. The Balaban J connectivity index is 2.06. The molecule has 0 bridgehead atoms. The Bertz CT molecular complexity index is 216. The summed E-state index contributed by atoms with van der Waals surface area (Å²) in [6.45, 7) is 1.93. The van der Waals surface area contributed by atoms with Crippen LogP contribution in [0.15, 0.2) is 11.6 Å². The molecule has 0 aromatic rings. The van der Waals surface area contributed by atoms with Crippen molar-refractivity contribution in [3.8, 4) is 0 Å². The molecule has 2 rings (SSSR count). The molecule has 1 aliphatic carbocycles. The fourth-order valence-corrected chi connectivity index (χ4v) is 2.60. The number of piperidine rings is 1. The number of allylic oxidation sites excluding steroid dienone is 1. The summed E-state index contributed by atoms with van der Waals surface area (Å²) >= 11 is 0. The summed E-state index contributed by atoms with van der Waals surface area (Å²) in [5, 5.41) is 13.8. The molecule has 0 amide bonds. The zero-order chi connectivity index (χ0) is 9.86. The van der Waals surface area contributed by atoms with Gasteiger partial charge in [-0.15, -0.1) is 0 Å². The molecular weight excluding hydrogens is 174 g/mol. The van der Waals surface area contributed by atoms with Gasteiger partial charge in [0.1, 0.15) is 0 Å². The minimum absolute atomic E-state index is 0.463. The Morgan fingerprint density at radius 1 is 1.14 bits per heavy atom. The highest BCUT2D eigenvalue weighted by molar-refractivity contribution is 5.18. The van der Waals surface area contributed by atoms with E-state index >= 15 is 0 Å². The molecule has 0 unspecified atom stereocenters. The predicted molar refractivity (Wildman–Crippen MR) is 58.2 cm³/mol. The standard InChI is InChI=1S/C12H21NO/c14-12(7-9-13-10-8-12)11-5-3-1-2-4-6-11/h5,13-14H,1-4,6-10H2. The molecule has 2 aliphatic rings. The topological polar surface area (TPSA) is 32.3 Å². The molecule has 2 nitrogen and oxygen atoms in total. The van der Waals surface area contributed by atoms with Crippen LogP contribution in [-0.4, -0.2) is 23.8 Å². The van der Waals surface area contributed by atoms with Gasteiger partial charge in [-0.1, -0.05) is 12.5 Å². The SMILES string of the molecule is OC1(C2=CCCCCC2)CCNCC1. The summed E-state index contributed by atoms with van der Waals surface area (Å²) < 4.78 is 0. The van der Waals surface area contributed by atoms with Crippen LogP contribution < -0.4 is 5.32 Å². The van der Waals surface area contributed by atoms with Gasteiger partial charge in [-0.3, -0.25) is 0 Å². The van der Waals surface area contributed by atoms with Gasteiger partial charge in [0, 0.05) is 0 Å². The van der Waals surface area contributed by atoms with E-state index in [-0.39, 0.29) is 0 Å². The van der Waals surface area contributed by atoms with Crippen molar-refractivity contribution in [2.75, 3.05) is 13.1 Å². The molecule has 0 radical (unpaired) electrons. The zero-order valence-corrected chi connectivity index (χ0v) is 8.89. The summed E-state index contributed by atoms with van der Waals surface area (Å²) in [5.74, 6) is 0. The van der Waals surface area contributed by atoms with Crippen LogP contribution in [0.1, 0.15) is 44.9 Å². The quantitative estimate of drug-likeness (QED) is 0.627. The van der Waals surface area contributed by atoms with Gasteiger partial charge >= 0.3 is 0 Å².